The molecule has 1 aromatic carbocycles. The lowest BCUT2D eigenvalue weighted by Gasteiger charge is -2.14. The number of nitrogens with zero attached hydrogens (tertiary/aromatic N) is 2. The van der Waals surface area contributed by atoms with Gasteiger partial charge in [-0.3, -0.25) is 9.48 Å². The van der Waals surface area contributed by atoms with E-state index in [4.69, 9.17) is 0 Å². The van der Waals surface area contributed by atoms with Crippen molar-refractivity contribution in [1.29, 1.82) is 0 Å². The Morgan fingerprint density at radius 1 is 1.43 bits per heavy atom. The van der Waals surface area contributed by atoms with E-state index in [9.17, 15) is 13.6 Å². The van der Waals surface area contributed by atoms with Gasteiger partial charge in [0.15, 0.2) is 0 Å². The van der Waals surface area contributed by atoms with Gasteiger partial charge in [-0.25, -0.2) is 8.78 Å². The first-order chi connectivity index (χ1) is 10.0. The van der Waals surface area contributed by atoms with E-state index in [0.29, 0.717) is 5.56 Å². The maximum absolute atomic E-state index is 13.5. The minimum Gasteiger partial charge on any atom is -0.350 e. The predicted octanol–water partition coefficient (Wildman–Crippen LogP) is 1.28. The number of carbonyl (C=O) groups is 1. The average molecular weight is 294 g/mol. The number of aryl methyl sites for hydroxylation is 1. The van der Waals surface area contributed by atoms with Gasteiger partial charge in [-0.1, -0.05) is 0 Å². The highest BCUT2D eigenvalue weighted by Gasteiger charge is 2.20. The van der Waals surface area contributed by atoms with Crippen LogP contribution in [0.2, 0.25) is 0 Å². The Morgan fingerprint density at radius 2 is 2.19 bits per heavy atom. The molecule has 0 aliphatic rings. The standard InChI is InChI=1S/C14H16F2N4O/c1-17-13(10-7-19-20(2)8-10)14(21)18-6-9-5-11(15)3-4-12(9)16/h3-5,7-8,13,17H,6H2,1-2H3,(H,18,21). The van der Waals surface area contributed by atoms with E-state index in [2.05, 4.69) is 15.7 Å². The van der Waals surface area contributed by atoms with Crippen molar-refractivity contribution in [2.24, 2.45) is 7.05 Å². The smallest absolute Gasteiger partial charge is 0.242 e. The van der Waals surface area contributed by atoms with Gasteiger partial charge >= 0.3 is 0 Å². The van der Waals surface area contributed by atoms with Crippen LogP contribution in [0.25, 0.3) is 0 Å². The fourth-order valence-electron chi connectivity index (χ4n) is 2.00. The van der Waals surface area contributed by atoms with Gasteiger partial charge in [0.05, 0.1) is 6.20 Å². The molecule has 7 heteroatoms. The summed E-state index contributed by atoms with van der Waals surface area (Å²) in [7, 11) is 3.39. The highest BCUT2D eigenvalue weighted by molar-refractivity contribution is 5.83. The molecular weight excluding hydrogens is 278 g/mol. The summed E-state index contributed by atoms with van der Waals surface area (Å²) in [5, 5.41) is 9.44. The number of hydrogen-bond acceptors (Lipinski definition) is 3. The van der Waals surface area contributed by atoms with Gasteiger partial charge in [0.2, 0.25) is 5.91 Å². The van der Waals surface area contributed by atoms with Crippen LogP contribution < -0.4 is 10.6 Å². The van der Waals surface area contributed by atoms with Gasteiger partial charge in [0.1, 0.15) is 17.7 Å². The lowest BCUT2D eigenvalue weighted by atomic mass is 10.1. The first-order valence-corrected chi connectivity index (χ1v) is 6.38. The van der Waals surface area contributed by atoms with Crippen LogP contribution in [0.1, 0.15) is 17.2 Å². The molecule has 5 nitrogen and oxygen atoms in total. The quantitative estimate of drug-likeness (QED) is 0.873. The molecule has 2 aromatic rings. The molecule has 0 bridgehead atoms. The zero-order valence-electron chi connectivity index (χ0n) is 11.7. The Hall–Kier alpha value is -2.28. The second-order valence-corrected chi connectivity index (χ2v) is 4.62. The minimum absolute atomic E-state index is 0.0825. The van der Waals surface area contributed by atoms with E-state index < -0.39 is 17.7 Å². The van der Waals surface area contributed by atoms with Crippen molar-refractivity contribution in [2.75, 3.05) is 7.05 Å². The molecule has 1 heterocycles. The first kappa shape index (κ1) is 15.1. The van der Waals surface area contributed by atoms with Crippen LogP contribution in [-0.2, 0) is 18.4 Å². The van der Waals surface area contributed by atoms with E-state index in [-0.39, 0.29) is 18.0 Å². The molecule has 21 heavy (non-hydrogen) atoms. The average Bonchev–Trinajstić information content (AvgIpc) is 2.87. The second-order valence-electron chi connectivity index (χ2n) is 4.62. The van der Waals surface area contributed by atoms with E-state index in [1.165, 1.54) is 0 Å². The van der Waals surface area contributed by atoms with Gasteiger partial charge in [-0.2, -0.15) is 5.10 Å². The molecule has 1 aromatic heterocycles. The van der Waals surface area contributed by atoms with Crippen molar-refractivity contribution in [3.8, 4) is 0 Å². The molecule has 0 aliphatic heterocycles. The van der Waals surface area contributed by atoms with Crippen molar-refractivity contribution in [3.05, 3.63) is 53.4 Å². The topological polar surface area (TPSA) is 59.0 Å². The number of likely N-dealkylation sites (N-methyl/N-ethyl adjacent to an activating group) is 1. The summed E-state index contributed by atoms with van der Waals surface area (Å²) in [5.41, 5.74) is 0.793. The molecule has 112 valence electrons. The number of carbonyl (C=O) groups excluding carboxylic acids is 1. The number of aromatic nitrogens is 2. The molecule has 2 N–H and O–H groups in total. The first-order valence-electron chi connectivity index (χ1n) is 6.38. The van der Waals surface area contributed by atoms with Crippen LogP contribution >= 0.6 is 0 Å². The molecule has 0 saturated carbocycles. The van der Waals surface area contributed by atoms with Crippen LogP contribution in [0.5, 0.6) is 0 Å². The van der Waals surface area contributed by atoms with Gasteiger partial charge in [-0.15, -0.1) is 0 Å². The summed E-state index contributed by atoms with van der Waals surface area (Å²) in [6.07, 6.45) is 3.28. The monoisotopic (exact) mass is 294 g/mol. The van der Waals surface area contributed by atoms with Crippen molar-refractivity contribution < 1.29 is 13.6 Å². The summed E-state index contributed by atoms with van der Waals surface area (Å²) in [5.74, 6) is -1.44. The van der Waals surface area contributed by atoms with Crippen LogP contribution in [0, 0.1) is 11.6 Å². The molecule has 0 spiro atoms. The van der Waals surface area contributed by atoms with Crippen molar-refractivity contribution in [1.82, 2.24) is 20.4 Å². The van der Waals surface area contributed by atoms with Crippen molar-refractivity contribution >= 4 is 5.91 Å². The molecule has 0 fully saturated rings. The molecule has 2 rings (SSSR count). The number of rotatable bonds is 5. The molecule has 1 atom stereocenters. The number of halogens is 2. The third kappa shape index (κ3) is 3.63. The summed E-state index contributed by atoms with van der Waals surface area (Å²) < 4.78 is 28.1. The number of benzene rings is 1. The maximum atomic E-state index is 13.5. The van der Waals surface area contributed by atoms with Crippen LogP contribution in [0.3, 0.4) is 0 Å². The van der Waals surface area contributed by atoms with Gasteiger partial charge < -0.3 is 10.6 Å². The molecular formula is C14H16F2N4O. The van der Waals surface area contributed by atoms with Gasteiger partial charge in [0.25, 0.3) is 0 Å². The predicted molar refractivity (Wildman–Crippen MR) is 73.2 cm³/mol. The van der Waals surface area contributed by atoms with Crippen molar-refractivity contribution in [3.63, 3.8) is 0 Å². The van der Waals surface area contributed by atoms with E-state index in [1.54, 1.807) is 31.2 Å². The highest BCUT2D eigenvalue weighted by atomic mass is 19.1. The third-order valence-electron chi connectivity index (χ3n) is 3.07. The highest BCUT2D eigenvalue weighted by Crippen LogP contribution is 2.13. The second kappa shape index (κ2) is 6.45. The Bertz CT molecular complexity index is 642. The fraction of sp³-hybridized carbons (Fsp3) is 0.286. The number of amides is 1. The van der Waals surface area contributed by atoms with Gasteiger partial charge in [0, 0.05) is 30.9 Å². The molecule has 0 saturated heterocycles. The summed E-state index contributed by atoms with van der Waals surface area (Å²) in [6.45, 7) is -0.0825. The van der Waals surface area contributed by atoms with Crippen molar-refractivity contribution in [2.45, 2.75) is 12.6 Å². The fourth-order valence-corrected chi connectivity index (χ4v) is 2.00. The summed E-state index contributed by atoms with van der Waals surface area (Å²) in [4.78, 5) is 12.1. The Kier molecular flexibility index (Phi) is 4.64. The molecule has 1 amide bonds. The Balaban J connectivity index is 2.04. The SMILES string of the molecule is CNC(C(=O)NCc1cc(F)ccc1F)c1cnn(C)c1. The van der Waals surface area contributed by atoms with Crippen LogP contribution in [0.15, 0.2) is 30.6 Å². The zero-order chi connectivity index (χ0) is 15.4. The molecule has 0 aliphatic carbocycles. The summed E-state index contributed by atoms with van der Waals surface area (Å²) >= 11 is 0. The Morgan fingerprint density at radius 3 is 2.81 bits per heavy atom. The summed E-state index contributed by atoms with van der Waals surface area (Å²) in [6, 6.07) is 2.53. The Labute approximate surface area is 121 Å². The number of nitrogens with one attached hydrogen (secondary N) is 2. The molecule has 1 unspecified atom stereocenters. The lowest BCUT2D eigenvalue weighted by Crippen LogP contribution is -2.35. The largest absolute Gasteiger partial charge is 0.350 e. The zero-order valence-corrected chi connectivity index (χ0v) is 11.7. The van der Waals surface area contributed by atoms with Gasteiger partial charge in [-0.05, 0) is 25.2 Å². The van der Waals surface area contributed by atoms with E-state index >= 15 is 0 Å². The van der Waals surface area contributed by atoms with E-state index in [1.807, 2.05) is 0 Å². The lowest BCUT2D eigenvalue weighted by molar-refractivity contribution is -0.123. The normalized spacial score (nSPS) is 12.2. The molecule has 0 radical (unpaired) electrons. The minimum atomic E-state index is -0.602. The van der Waals surface area contributed by atoms with Crippen LogP contribution in [-0.4, -0.2) is 22.7 Å². The number of hydrogen-bond donors (Lipinski definition) is 2. The third-order valence-corrected chi connectivity index (χ3v) is 3.07. The van der Waals surface area contributed by atoms with Crippen LogP contribution in [0.4, 0.5) is 8.78 Å². The van der Waals surface area contributed by atoms with E-state index in [0.717, 1.165) is 18.2 Å². The maximum Gasteiger partial charge on any atom is 0.242 e.